The Labute approximate surface area is 113 Å². The van der Waals surface area contributed by atoms with Gasteiger partial charge < -0.3 is 15.2 Å². The molecule has 0 unspecified atom stereocenters. The number of benzene rings is 1. The lowest BCUT2D eigenvalue weighted by atomic mass is 10.2. The van der Waals surface area contributed by atoms with Gasteiger partial charge in [0.15, 0.2) is 18.1 Å². The monoisotopic (exact) mass is 264 g/mol. The molecule has 104 valence electrons. The van der Waals surface area contributed by atoms with Crippen LogP contribution in [0, 0.1) is 0 Å². The van der Waals surface area contributed by atoms with Gasteiger partial charge in [-0.2, -0.15) is 0 Å². The molecule has 1 aliphatic heterocycles. The predicted molar refractivity (Wildman–Crippen MR) is 72.2 cm³/mol. The number of likely N-dealkylation sites (tertiary alicyclic amines) is 1. The average molecular weight is 264 g/mol. The summed E-state index contributed by atoms with van der Waals surface area (Å²) < 4.78 is 10.6. The molecule has 2 N–H and O–H groups in total. The first kappa shape index (κ1) is 13.7. The molecule has 0 radical (unpaired) electrons. The normalized spacial score (nSPS) is 15.4. The molecule has 2 rings (SSSR count). The summed E-state index contributed by atoms with van der Waals surface area (Å²) in [4.78, 5) is 13.2. The molecule has 1 aromatic carbocycles. The van der Waals surface area contributed by atoms with E-state index in [0.717, 1.165) is 25.2 Å². The van der Waals surface area contributed by atoms with Crippen LogP contribution in [0.5, 0.6) is 11.5 Å². The van der Waals surface area contributed by atoms with Gasteiger partial charge in [0, 0.05) is 6.54 Å². The molecule has 0 atom stereocenters. The summed E-state index contributed by atoms with van der Waals surface area (Å²) in [5.74, 6) is 0.691. The number of nitrogens with two attached hydrogens (primary N) is 1. The summed E-state index contributed by atoms with van der Waals surface area (Å²) in [6.45, 7) is 3.05. The lowest BCUT2D eigenvalue weighted by Crippen LogP contribution is -2.21. The highest BCUT2D eigenvalue weighted by atomic mass is 16.5. The number of nitrogens with zero attached hydrogens (tertiary/aromatic N) is 1. The Morgan fingerprint density at radius 1 is 1.32 bits per heavy atom. The molecule has 1 aromatic rings. The maximum atomic E-state index is 10.8. The molecular weight excluding hydrogens is 244 g/mol. The smallest absolute Gasteiger partial charge is 0.255 e. The van der Waals surface area contributed by atoms with Crippen molar-refractivity contribution >= 4 is 5.91 Å². The fourth-order valence-electron chi connectivity index (χ4n) is 2.28. The van der Waals surface area contributed by atoms with Gasteiger partial charge in [0.25, 0.3) is 5.91 Å². The summed E-state index contributed by atoms with van der Waals surface area (Å²) in [7, 11) is 1.58. The number of carbonyl (C=O) groups excluding carboxylic acids is 1. The van der Waals surface area contributed by atoms with E-state index in [0.29, 0.717) is 11.5 Å². The molecule has 0 aromatic heterocycles. The molecule has 0 spiro atoms. The first-order chi connectivity index (χ1) is 9.19. The van der Waals surface area contributed by atoms with Crippen LogP contribution in [0.15, 0.2) is 18.2 Å². The molecule has 1 amide bonds. The second kappa shape index (κ2) is 6.43. The topological polar surface area (TPSA) is 64.8 Å². The van der Waals surface area contributed by atoms with Crippen molar-refractivity contribution in [3.63, 3.8) is 0 Å². The first-order valence-corrected chi connectivity index (χ1v) is 6.49. The second-order valence-corrected chi connectivity index (χ2v) is 4.72. The maximum Gasteiger partial charge on any atom is 0.255 e. The number of ether oxygens (including phenoxy) is 2. The van der Waals surface area contributed by atoms with E-state index < -0.39 is 5.91 Å². The fourth-order valence-corrected chi connectivity index (χ4v) is 2.28. The maximum absolute atomic E-state index is 10.8. The van der Waals surface area contributed by atoms with Crippen LogP contribution in [0.1, 0.15) is 18.4 Å². The van der Waals surface area contributed by atoms with Gasteiger partial charge in [-0.1, -0.05) is 6.07 Å². The molecule has 1 heterocycles. The fraction of sp³-hybridized carbons (Fsp3) is 0.500. The minimum atomic E-state index is -0.494. The number of hydrogen-bond acceptors (Lipinski definition) is 4. The Kier molecular flexibility index (Phi) is 4.63. The summed E-state index contributed by atoms with van der Waals surface area (Å²) in [5.41, 5.74) is 6.24. The number of rotatable bonds is 6. The number of amides is 1. The van der Waals surface area contributed by atoms with Gasteiger partial charge in [0.1, 0.15) is 0 Å². The highest BCUT2D eigenvalue weighted by molar-refractivity contribution is 5.75. The van der Waals surface area contributed by atoms with E-state index in [-0.39, 0.29) is 6.61 Å². The molecule has 5 nitrogen and oxygen atoms in total. The molecule has 0 aliphatic carbocycles. The van der Waals surface area contributed by atoms with Crippen molar-refractivity contribution in [2.45, 2.75) is 19.4 Å². The zero-order valence-electron chi connectivity index (χ0n) is 11.2. The van der Waals surface area contributed by atoms with E-state index in [1.807, 2.05) is 18.2 Å². The molecule has 19 heavy (non-hydrogen) atoms. The van der Waals surface area contributed by atoms with Crippen molar-refractivity contribution in [3.05, 3.63) is 23.8 Å². The van der Waals surface area contributed by atoms with Crippen LogP contribution < -0.4 is 15.2 Å². The lowest BCUT2D eigenvalue weighted by molar-refractivity contribution is -0.119. The van der Waals surface area contributed by atoms with Gasteiger partial charge in [0.05, 0.1) is 7.11 Å². The molecule has 1 saturated heterocycles. The molecule has 1 fully saturated rings. The predicted octanol–water partition coefficient (Wildman–Crippen LogP) is 1.16. The minimum absolute atomic E-state index is 0.135. The van der Waals surface area contributed by atoms with Crippen molar-refractivity contribution in [1.82, 2.24) is 4.90 Å². The third-order valence-corrected chi connectivity index (χ3v) is 3.20. The zero-order valence-corrected chi connectivity index (χ0v) is 11.2. The number of primary amides is 1. The van der Waals surface area contributed by atoms with Gasteiger partial charge in [-0.15, -0.1) is 0 Å². The summed E-state index contributed by atoms with van der Waals surface area (Å²) in [6, 6.07) is 5.80. The molecule has 1 aliphatic rings. The van der Waals surface area contributed by atoms with E-state index in [9.17, 15) is 4.79 Å². The molecule has 5 heteroatoms. The van der Waals surface area contributed by atoms with Gasteiger partial charge >= 0.3 is 0 Å². The van der Waals surface area contributed by atoms with Crippen LogP contribution in [0.4, 0.5) is 0 Å². The summed E-state index contributed by atoms with van der Waals surface area (Å²) >= 11 is 0. The Morgan fingerprint density at radius 2 is 2.05 bits per heavy atom. The largest absolute Gasteiger partial charge is 0.493 e. The average Bonchev–Trinajstić information content (AvgIpc) is 2.89. The third kappa shape index (κ3) is 3.86. The van der Waals surface area contributed by atoms with Gasteiger partial charge in [-0.05, 0) is 43.6 Å². The van der Waals surface area contributed by atoms with E-state index in [1.165, 1.54) is 12.8 Å². The summed E-state index contributed by atoms with van der Waals surface area (Å²) in [5, 5.41) is 0. The van der Waals surface area contributed by atoms with Crippen molar-refractivity contribution in [3.8, 4) is 11.5 Å². The van der Waals surface area contributed by atoms with Crippen LogP contribution in [0.25, 0.3) is 0 Å². The molecular formula is C14H20N2O3. The van der Waals surface area contributed by atoms with E-state index in [4.69, 9.17) is 15.2 Å². The van der Waals surface area contributed by atoms with E-state index in [1.54, 1.807) is 7.11 Å². The lowest BCUT2D eigenvalue weighted by Gasteiger charge is -2.16. The summed E-state index contributed by atoms with van der Waals surface area (Å²) in [6.07, 6.45) is 2.53. The van der Waals surface area contributed by atoms with Crippen LogP contribution in [0.3, 0.4) is 0 Å². The van der Waals surface area contributed by atoms with Crippen LogP contribution in [0.2, 0.25) is 0 Å². The Morgan fingerprint density at radius 3 is 2.68 bits per heavy atom. The molecule has 0 saturated carbocycles. The highest BCUT2D eigenvalue weighted by Crippen LogP contribution is 2.28. The van der Waals surface area contributed by atoms with Crippen LogP contribution >= 0.6 is 0 Å². The Balaban J connectivity index is 2.07. The Bertz CT molecular complexity index is 442. The van der Waals surface area contributed by atoms with Crippen molar-refractivity contribution in [2.24, 2.45) is 5.73 Å². The third-order valence-electron chi connectivity index (χ3n) is 3.20. The second-order valence-electron chi connectivity index (χ2n) is 4.72. The highest BCUT2D eigenvalue weighted by Gasteiger charge is 2.13. The zero-order chi connectivity index (χ0) is 13.7. The van der Waals surface area contributed by atoms with E-state index >= 15 is 0 Å². The minimum Gasteiger partial charge on any atom is -0.493 e. The van der Waals surface area contributed by atoms with Crippen LogP contribution in [-0.4, -0.2) is 37.6 Å². The van der Waals surface area contributed by atoms with Crippen molar-refractivity contribution in [2.75, 3.05) is 26.8 Å². The first-order valence-electron chi connectivity index (χ1n) is 6.49. The van der Waals surface area contributed by atoms with Gasteiger partial charge in [-0.25, -0.2) is 0 Å². The number of carbonyl (C=O) groups is 1. The number of methoxy groups -OCH3 is 1. The standard InChI is InChI=1S/C14H20N2O3/c1-18-12-5-4-11(9-16-6-2-3-7-16)8-13(12)19-10-14(15)17/h4-5,8H,2-3,6-7,9-10H2,1H3,(H2,15,17). The van der Waals surface area contributed by atoms with Crippen LogP contribution in [-0.2, 0) is 11.3 Å². The Hall–Kier alpha value is -1.75. The van der Waals surface area contributed by atoms with Crippen molar-refractivity contribution < 1.29 is 14.3 Å². The molecule has 0 bridgehead atoms. The quantitative estimate of drug-likeness (QED) is 0.837. The van der Waals surface area contributed by atoms with E-state index in [2.05, 4.69) is 4.90 Å². The van der Waals surface area contributed by atoms with Crippen molar-refractivity contribution in [1.29, 1.82) is 0 Å². The SMILES string of the molecule is COc1ccc(CN2CCCC2)cc1OCC(N)=O. The van der Waals surface area contributed by atoms with Gasteiger partial charge in [0.2, 0.25) is 0 Å². The number of hydrogen-bond donors (Lipinski definition) is 1. The van der Waals surface area contributed by atoms with Gasteiger partial charge in [-0.3, -0.25) is 9.69 Å².